The number of carbonyl (C=O) groups is 1. The molecule has 7 heteroatoms. The average molecular weight is 445 g/mol. The molecule has 6 fully saturated rings. The molecule has 1 aromatic rings. The van der Waals surface area contributed by atoms with E-state index in [0.29, 0.717) is 37.0 Å². The maximum atomic E-state index is 13.8. The summed E-state index contributed by atoms with van der Waals surface area (Å²) < 4.78 is 34.1. The van der Waals surface area contributed by atoms with Crippen molar-refractivity contribution < 1.29 is 17.9 Å². The third kappa shape index (κ3) is 3.35. The first-order valence-electron chi connectivity index (χ1n) is 11.8. The fraction of sp³-hybridized carbons (Fsp3) is 0.708. The van der Waals surface area contributed by atoms with Crippen LogP contribution in [0.5, 0.6) is 0 Å². The summed E-state index contributed by atoms with van der Waals surface area (Å²) in [5.41, 5.74) is 0.787. The maximum absolute atomic E-state index is 13.8. The van der Waals surface area contributed by atoms with E-state index in [1.807, 2.05) is 17.9 Å². The van der Waals surface area contributed by atoms with Gasteiger partial charge in [0.25, 0.3) is 0 Å². The van der Waals surface area contributed by atoms with Crippen molar-refractivity contribution in [1.29, 1.82) is 0 Å². The van der Waals surface area contributed by atoms with Crippen LogP contribution in [0.4, 0.5) is 0 Å². The third-order valence-electron chi connectivity index (χ3n) is 8.45. The Hall–Kier alpha value is -1.44. The second-order valence-electron chi connectivity index (χ2n) is 10.9. The van der Waals surface area contributed by atoms with Gasteiger partial charge in [-0.2, -0.15) is 4.31 Å². The molecule has 2 unspecified atom stereocenters. The second kappa shape index (κ2) is 7.03. The highest BCUT2D eigenvalue weighted by Crippen LogP contribution is 2.60. The molecule has 2 heterocycles. The fourth-order valence-corrected chi connectivity index (χ4v) is 9.26. The zero-order valence-electron chi connectivity index (χ0n) is 18.2. The molecular formula is C24H32N2O4S. The molecule has 2 saturated heterocycles. The number of hydrogen-bond donors (Lipinski definition) is 0. The molecule has 4 aliphatic carbocycles. The van der Waals surface area contributed by atoms with Crippen molar-refractivity contribution in [2.45, 2.75) is 62.6 Å². The van der Waals surface area contributed by atoms with Gasteiger partial charge >= 0.3 is 0 Å². The van der Waals surface area contributed by atoms with Gasteiger partial charge in [-0.25, -0.2) is 8.42 Å². The zero-order chi connectivity index (χ0) is 21.4. The van der Waals surface area contributed by atoms with Crippen LogP contribution in [0, 0.1) is 30.1 Å². The van der Waals surface area contributed by atoms with Crippen molar-refractivity contribution in [2.24, 2.45) is 23.2 Å². The van der Waals surface area contributed by atoms with Gasteiger partial charge in [-0.15, -0.1) is 0 Å². The Morgan fingerprint density at radius 2 is 1.55 bits per heavy atom. The van der Waals surface area contributed by atoms with Crippen LogP contribution < -0.4 is 0 Å². The molecule has 6 aliphatic rings. The van der Waals surface area contributed by atoms with E-state index in [1.54, 1.807) is 22.5 Å². The second-order valence-corrected chi connectivity index (χ2v) is 12.9. The summed E-state index contributed by atoms with van der Waals surface area (Å²) in [6.45, 7) is 3.56. The van der Waals surface area contributed by atoms with Gasteiger partial charge in [-0.3, -0.25) is 4.79 Å². The number of sulfonamides is 1. The molecule has 168 valence electrons. The first-order valence-corrected chi connectivity index (χ1v) is 13.3. The van der Waals surface area contributed by atoms with Crippen LogP contribution in [0.3, 0.4) is 0 Å². The summed E-state index contributed by atoms with van der Waals surface area (Å²) in [5, 5.41) is 0. The quantitative estimate of drug-likeness (QED) is 0.719. The highest BCUT2D eigenvalue weighted by molar-refractivity contribution is 7.89. The minimum absolute atomic E-state index is 0.145. The first-order chi connectivity index (χ1) is 14.8. The largest absolute Gasteiger partial charge is 0.369 e. The van der Waals surface area contributed by atoms with E-state index in [9.17, 15) is 13.2 Å². The van der Waals surface area contributed by atoms with Gasteiger partial charge in [-0.05, 0) is 80.9 Å². The Morgan fingerprint density at radius 3 is 2.10 bits per heavy atom. The lowest BCUT2D eigenvalue weighted by Gasteiger charge is -2.57. The maximum Gasteiger partial charge on any atom is 0.243 e. The van der Waals surface area contributed by atoms with Crippen LogP contribution in [0.25, 0.3) is 0 Å². The number of aryl methyl sites for hydroxylation is 1. The molecule has 2 atom stereocenters. The van der Waals surface area contributed by atoms with Crippen LogP contribution in [0.2, 0.25) is 0 Å². The van der Waals surface area contributed by atoms with Crippen molar-refractivity contribution >= 4 is 15.9 Å². The Kier molecular flexibility index (Phi) is 4.58. The van der Waals surface area contributed by atoms with Crippen molar-refractivity contribution in [3.63, 3.8) is 0 Å². The third-order valence-corrected chi connectivity index (χ3v) is 10.3. The van der Waals surface area contributed by atoms with E-state index in [1.165, 1.54) is 19.3 Å². The van der Waals surface area contributed by atoms with E-state index in [-0.39, 0.29) is 17.6 Å². The minimum Gasteiger partial charge on any atom is -0.369 e. The molecule has 6 nitrogen and oxygen atoms in total. The Balaban J connectivity index is 1.18. The molecule has 0 N–H and O–H groups in total. The van der Waals surface area contributed by atoms with Crippen LogP contribution in [0.1, 0.15) is 44.1 Å². The number of carbonyl (C=O) groups excluding carboxylic acids is 1. The van der Waals surface area contributed by atoms with Gasteiger partial charge in [0.05, 0.1) is 22.5 Å². The SMILES string of the molecule is Cc1cccc(S(=O)(=O)N2CC3CN(C(=O)C45CC6CC(CC(C6)C4)C5)CC(C2)O3)c1. The normalized spacial score (nSPS) is 39.6. The highest BCUT2D eigenvalue weighted by Gasteiger charge is 2.56. The smallest absolute Gasteiger partial charge is 0.243 e. The number of amides is 1. The predicted molar refractivity (Wildman–Crippen MR) is 116 cm³/mol. The zero-order valence-corrected chi connectivity index (χ0v) is 19.0. The van der Waals surface area contributed by atoms with Gasteiger partial charge in [0.2, 0.25) is 15.9 Å². The number of nitrogens with zero attached hydrogens (tertiary/aromatic N) is 2. The molecule has 2 aliphatic heterocycles. The summed E-state index contributed by atoms with van der Waals surface area (Å²) in [6.07, 6.45) is 6.69. The number of rotatable bonds is 3. The lowest BCUT2D eigenvalue weighted by atomic mass is 9.49. The molecule has 0 spiro atoms. The standard InChI is InChI=1S/C24H32N2O4S/c1-16-3-2-4-22(5-16)31(28,29)26-14-20-12-25(13-21(15-26)30-20)23(27)24-9-17-6-18(10-24)8-19(7-17)11-24/h2-5,17-21H,6-15H2,1H3. The van der Waals surface area contributed by atoms with Crippen LogP contribution in [0.15, 0.2) is 29.2 Å². The lowest BCUT2D eigenvalue weighted by Crippen LogP contribution is -2.64. The Bertz CT molecular complexity index is 957. The van der Waals surface area contributed by atoms with Crippen LogP contribution in [-0.4, -0.2) is 61.9 Å². The number of ether oxygens (including phenoxy) is 1. The minimum atomic E-state index is -3.55. The van der Waals surface area contributed by atoms with E-state index >= 15 is 0 Å². The van der Waals surface area contributed by atoms with Gasteiger partial charge in [0, 0.05) is 26.2 Å². The van der Waals surface area contributed by atoms with E-state index in [2.05, 4.69) is 0 Å². The Labute approximate surface area is 185 Å². The molecule has 0 radical (unpaired) electrons. The summed E-state index contributed by atoms with van der Waals surface area (Å²) in [5.74, 6) is 2.56. The fourth-order valence-electron chi connectivity index (χ4n) is 7.65. The van der Waals surface area contributed by atoms with Crippen molar-refractivity contribution in [2.75, 3.05) is 26.2 Å². The van der Waals surface area contributed by atoms with Crippen molar-refractivity contribution in [3.8, 4) is 0 Å². The summed E-state index contributed by atoms with van der Waals surface area (Å²) >= 11 is 0. The molecule has 31 heavy (non-hydrogen) atoms. The topological polar surface area (TPSA) is 66.9 Å². The van der Waals surface area contributed by atoms with Gasteiger partial charge in [0.15, 0.2) is 0 Å². The molecule has 7 rings (SSSR count). The van der Waals surface area contributed by atoms with E-state index < -0.39 is 10.0 Å². The van der Waals surface area contributed by atoms with E-state index in [0.717, 1.165) is 42.6 Å². The van der Waals surface area contributed by atoms with Gasteiger partial charge < -0.3 is 9.64 Å². The molecule has 4 saturated carbocycles. The number of hydrogen-bond acceptors (Lipinski definition) is 4. The van der Waals surface area contributed by atoms with E-state index in [4.69, 9.17) is 4.74 Å². The highest BCUT2D eigenvalue weighted by atomic mass is 32.2. The monoisotopic (exact) mass is 444 g/mol. The molecule has 1 aromatic carbocycles. The molecule has 0 aromatic heterocycles. The number of morpholine rings is 2. The Morgan fingerprint density at radius 1 is 0.968 bits per heavy atom. The predicted octanol–water partition coefficient (Wildman–Crippen LogP) is 2.81. The van der Waals surface area contributed by atoms with Gasteiger partial charge in [0.1, 0.15) is 0 Å². The summed E-state index contributed by atoms with van der Waals surface area (Å²) in [6, 6.07) is 7.08. The summed E-state index contributed by atoms with van der Waals surface area (Å²) in [4.78, 5) is 16.1. The number of benzene rings is 1. The first kappa shape index (κ1) is 20.2. The number of fused-ring (bicyclic) bond motifs is 2. The van der Waals surface area contributed by atoms with Gasteiger partial charge in [-0.1, -0.05) is 12.1 Å². The molecule has 6 bridgehead atoms. The van der Waals surface area contributed by atoms with Crippen molar-refractivity contribution in [3.05, 3.63) is 29.8 Å². The molecule has 1 amide bonds. The molecular weight excluding hydrogens is 412 g/mol. The van der Waals surface area contributed by atoms with Crippen LogP contribution in [-0.2, 0) is 19.6 Å². The lowest BCUT2D eigenvalue weighted by molar-refractivity contribution is -0.175. The van der Waals surface area contributed by atoms with Crippen LogP contribution >= 0.6 is 0 Å². The van der Waals surface area contributed by atoms with Crippen molar-refractivity contribution in [1.82, 2.24) is 9.21 Å². The average Bonchev–Trinajstić information content (AvgIpc) is 2.71. The summed E-state index contributed by atoms with van der Waals surface area (Å²) in [7, 11) is -3.55.